The fourth-order valence-electron chi connectivity index (χ4n) is 3.20. The zero-order valence-corrected chi connectivity index (χ0v) is 15.3. The molecule has 0 aromatic heterocycles. The molecule has 2 aromatic carbocycles. The molecular formula is C20H24ClFN2O. The van der Waals surface area contributed by atoms with Crippen molar-refractivity contribution in [3.05, 3.63) is 71.0 Å². The monoisotopic (exact) mass is 362 g/mol. The second-order valence-corrected chi connectivity index (χ2v) is 6.80. The summed E-state index contributed by atoms with van der Waals surface area (Å²) in [6, 6.07) is 14.7. The molecular weight excluding hydrogens is 339 g/mol. The summed E-state index contributed by atoms with van der Waals surface area (Å²) in [6.45, 7) is 5.07. The smallest absolute Gasteiger partial charge is 0.230 e. The van der Waals surface area contributed by atoms with Crippen LogP contribution in [0.15, 0.2) is 48.5 Å². The molecule has 134 valence electrons. The summed E-state index contributed by atoms with van der Waals surface area (Å²) in [5.74, 6) is -0.422. The quantitative estimate of drug-likeness (QED) is 0.873. The number of hydrogen-bond donors (Lipinski definition) is 2. The Hall–Kier alpha value is -1.91. The minimum Gasteiger partial charge on any atom is -0.353 e. The van der Waals surface area contributed by atoms with Crippen LogP contribution < -0.4 is 10.6 Å². The van der Waals surface area contributed by atoms with Crippen molar-refractivity contribution in [1.29, 1.82) is 0 Å². The van der Waals surface area contributed by atoms with E-state index in [0.717, 1.165) is 13.0 Å². The number of hydrogen-bond acceptors (Lipinski definition) is 2. The van der Waals surface area contributed by atoms with Crippen molar-refractivity contribution >= 4 is 18.3 Å². The van der Waals surface area contributed by atoms with Crippen molar-refractivity contribution in [2.45, 2.75) is 31.7 Å². The van der Waals surface area contributed by atoms with E-state index in [2.05, 4.69) is 22.8 Å². The Morgan fingerprint density at radius 1 is 1.24 bits per heavy atom. The van der Waals surface area contributed by atoms with E-state index in [1.165, 1.54) is 23.3 Å². The van der Waals surface area contributed by atoms with Crippen LogP contribution in [0.2, 0.25) is 0 Å². The van der Waals surface area contributed by atoms with Gasteiger partial charge in [0.15, 0.2) is 0 Å². The number of carbonyl (C=O) groups is 1. The normalized spacial score (nSPS) is 16.5. The lowest BCUT2D eigenvalue weighted by atomic mass is 9.83. The van der Waals surface area contributed by atoms with Crippen LogP contribution in [0.25, 0.3) is 0 Å². The van der Waals surface area contributed by atoms with Crippen LogP contribution >= 0.6 is 12.4 Å². The highest BCUT2D eigenvalue weighted by Crippen LogP contribution is 2.25. The second kappa shape index (κ2) is 7.98. The van der Waals surface area contributed by atoms with Crippen LogP contribution in [-0.4, -0.2) is 19.0 Å². The molecule has 0 saturated carbocycles. The number of rotatable bonds is 4. The van der Waals surface area contributed by atoms with Gasteiger partial charge in [0.25, 0.3) is 0 Å². The van der Waals surface area contributed by atoms with Crippen molar-refractivity contribution in [3.63, 3.8) is 0 Å². The minimum atomic E-state index is -0.781. The average molecular weight is 363 g/mol. The first-order valence-electron chi connectivity index (χ1n) is 8.34. The topological polar surface area (TPSA) is 41.1 Å². The first-order chi connectivity index (χ1) is 11.5. The van der Waals surface area contributed by atoms with Crippen LogP contribution in [0.3, 0.4) is 0 Å². The molecule has 1 aliphatic heterocycles. The van der Waals surface area contributed by atoms with Gasteiger partial charge in [-0.3, -0.25) is 4.79 Å². The Balaban J connectivity index is 0.00000225. The van der Waals surface area contributed by atoms with E-state index < -0.39 is 5.41 Å². The third-order valence-corrected chi connectivity index (χ3v) is 4.80. The first-order valence-corrected chi connectivity index (χ1v) is 8.34. The van der Waals surface area contributed by atoms with Crippen LogP contribution in [0.1, 0.15) is 36.6 Å². The molecule has 0 radical (unpaired) electrons. The number of benzene rings is 2. The molecule has 1 atom stereocenters. The van der Waals surface area contributed by atoms with Crippen molar-refractivity contribution in [3.8, 4) is 0 Å². The maximum atomic E-state index is 13.5. The summed E-state index contributed by atoms with van der Waals surface area (Å²) in [5, 5.41) is 6.48. The maximum absolute atomic E-state index is 13.5. The highest BCUT2D eigenvalue weighted by Gasteiger charge is 2.31. The van der Waals surface area contributed by atoms with E-state index in [1.54, 1.807) is 12.1 Å². The molecule has 0 fully saturated rings. The van der Waals surface area contributed by atoms with Gasteiger partial charge in [0.05, 0.1) is 5.41 Å². The number of carbonyl (C=O) groups excluding carboxylic acids is 1. The Labute approximate surface area is 154 Å². The van der Waals surface area contributed by atoms with Gasteiger partial charge in [-0.15, -0.1) is 12.4 Å². The van der Waals surface area contributed by atoms with Crippen molar-refractivity contribution in [2.75, 3.05) is 13.1 Å². The summed E-state index contributed by atoms with van der Waals surface area (Å²) >= 11 is 0. The van der Waals surface area contributed by atoms with E-state index in [9.17, 15) is 9.18 Å². The lowest BCUT2D eigenvalue weighted by Gasteiger charge is -2.29. The van der Waals surface area contributed by atoms with Crippen molar-refractivity contribution in [2.24, 2.45) is 0 Å². The Kier molecular flexibility index (Phi) is 6.20. The molecule has 0 bridgehead atoms. The molecule has 0 spiro atoms. The van der Waals surface area contributed by atoms with Crippen LogP contribution in [0, 0.1) is 5.82 Å². The fraction of sp³-hybridized carbons (Fsp3) is 0.350. The molecule has 1 heterocycles. The second-order valence-electron chi connectivity index (χ2n) is 6.80. The van der Waals surface area contributed by atoms with E-state index >= 15 is 0 Å². The number of amides is 1. The molecule has 25 heavy (non-hydrogen) atoms. The molecule has 0 aliphatic carbocycles. The lowest BCUT2D eigenvalue weighted by Crippen LogP contribution is -2.45. The summed E-state index contributed by atoms with van der Waals surface area (Å²) in [7, 11) is 0. The predicted octanol–water partition coefficient (Wildman–Crippen LogP) is 3.53. The SMILES string of the molecule is CC(C)(C(=O)NCC1NCCc2ccccc21)c1cccc(F)c1.Cl. The van der Waals surface area contributed by atoms with Gasteiger partial charge >= 0.3 is 0 Å². The van der Waals surface area contributed by atoms with Crippen molar-refractivity contribution in [1.82, 2.24) is 10.6 Å². The van der Waals surface area contributed by atoms with Gasteiger partial charge in [-0.05, 0) is 55.6 Å². The predicted molar refractivity (Wildman–Crippen MR) is 101 cm³/mol. The zero-order valence-electron chi connectivity index (χ0n) is 14.5. The Morgan fingerprint density at radius 3 is 2.76 bits per heavy atom. The summed E-state index contributed by atoms with van der Waals surface area (Å²) < 4.78 is 13.5. The maximum Gasteiger partial charge on any atom is 0.230 e. The van der Waals surface area contributed by atoms with Crippen molar-refractivity contribution < 1.29 is 9.18 Å². The molecule has 2 aromatic rings. The highest BCUT2D eigenvalue weighted by atomic mass is 35.5. The summed E-state index contributed by atoms with van der Waals surface area (Å²) in [6.07, 6.45) is 1.01. The van der Waals surface area contributed by atoms with Gasteiger partial charge in [-0.25, -0.2) is 4.39 Å². The zero-order chi connectivity index (χ0) is 17.2. The summed E-state index contributed by atoms with van der Waals surface area (Å²) in [5.41, 5.74) is 2.47. The largest absolute Gasteiger partial charge is 0.353 e. The molecule has 3 rings (SSSR count). The van der Waals surface area contributed by atoms with Gasteiger partial charge in [0.1, 0.15) is 5.82 Å². The highest BCUT2D eigenvalue weighted by molar-refractivity contribution is 5.87. The van der Waals surface area contributed by atoms with Gasteiger partial charge < -0.3 is 10.6 Å². The van der Waals surface area contributed by atoms with Gasteiger partial charge in [0.2, 0.25) is 5.91 Å². The third-order valence-electron chi connectivity index (χ3n) is 4.80. The van der Waals surface area contributed by atoms with Gasteiger partial charge in [0, 0.05) is 12.6 Å². The molecule has 1 unspecified atom stereocenters. The van der Waals surface area contributed by atoms with E-state index in [1.807, 2.05) is 26.0 Å². The van der Waals surface area contributed by atoms with E-state index in [0.29, 0.717) is 12.1 Å². The molecule has 5 heteroatoms. The number of halogens is 2. The fourth-order valence-corrected chi connectivity index (χ4v) is 3.20. The van der Waals surface area contributed by atoms with Crippen LogP contribution in [-0.2, 0) is 16.6 Å². The molecule has 3 nitrogen and oxygen atoms in total. The van der Waals surface area contributed by atoms with Gasteiger partial charge in [-0.1, -0.05) is 36.4 Å². The number of fused-ring (bicyclic) bond motifs is 1. The molecule has 1 amide bonds. The number of nitrogens with one attached hydrogen (secondary N) is 2. The lowest BCUT2D eigenvalue weighted by molar-refractivity contribution is -0.125. The third kappa shape index (κ3) is 4.20. The van der Waals surface area contributed by atoms with E-state index in [-0.39, 0.29) is 30.2 Å². The van der Waals surface area contributed by atoms with E-state index in [4.69, 9.17) is 0 Å². The average Bonchev–Trinajstić information content (AvgIpc) is 2.59. The Morgan fingerprint density at radius 2 is 2.00 bits per heavy atom. The first kappa shape index (κ1) is 19.4. The Bertz CT molecular complexity index is 748. The van der Waals surface area contributed by atoms with Gasteiger partial charge in [-0.2, -0.15) is 0 Å². The van der Waals surface area contributed by atoms with Crippen LogP contribution in [0.5, 0.6) is 0 Å². The molecule has 2 N–H and O–H groups in total. The molecule has 0 saturated heterocycles. The molecule has 1 aliphatic rings. The summed E-state index contributed by atoms with van der Waals surface area (Å²) in [4.78, 5) is 12.7. The standard InChI is InChI=1S/C20H23FN2O.ClH/c1-20(2,15-7-5-8-16(21)12-15)19(24)23-13-18-17-9-4-3-6-14(17)10-11-22-18;/h3-9,12,18,22H,10-11,13H2,1-2H3,(H,23,24);1H. The minimum absolute atomic E-state index is 0. The van der Waals surface area contributed by atoms with Crippen LogP contribution in [0.4, 0.5) is 4.39 Å².